The van der Waals surface area contributed by atoms with E-state index in [0.29, 0.717) is 0 Å². The molecule has 1 atom stereocenters. The minimum atomic E-state index is 0.242. The molecule has 0 aromatic carbocycles. The Balaban J connectivity index is 2.10. The van der Waals surface area contributed by atoms with E-state index in [-0.39, 0.29) is 5.38 Å². The van der Waals surface area contributed by atoms with Crippen LogP contribution in [0.1, 0.15) is 12.8 Å². The highest BCUT2D eigenvalue weighted by molar-refractivity contribution is 14.1. The molecule has 1 aromatic heterocycles. The SMILES string of the molecule is ClC1CCCN(c2ncc(I)cn2)C1. The molecule has 5 heteroatoms. The van der Waals surface area contributed by atoms with Crippen molar-refractivity contribution in [2.75, 3.05) is 18.0 Å². The summed E-state index contributed by atoms with van der Waals surface area (Å²) in [7, 11) is 0. The molecule has 0 spiro atoms. The normalized spacial score (nSPS) is 22.4. The topological polar surface area (TPSA) is 29.0 Å². The van der Waals surface area contributed by atoms with Gasteiger partial charge in [-0.1, -0.05) is 0 Å². The van der Waals surface area contributed by atoms with Crippen molar-refractivity contribution in [3.63, 3.8) is 0 Å². The van der Waals surface area contributed by atoms with Gasteiger partial charge in [-0.25, -0.2) is 9.97 Å². The Bertz CT molecular complexity index is 303. The third kappa shape index (κ3) is 2.48. The van der Waals surface area contributed by atoms with Crippen LogP contribution in [0.15, 0.2) is 12.4 Å². The Hall–Kier alpha value is -0.100. The second kappa shape index (κ2) is 4.61. The average molecular weight is 324 g/mol. The molecule has 0 aliphatic carbocycles. The van der Waals surface area contributed by atoms with Crippen LogP contribution in [0, 0.1) is 3.57 Å². The lowest BCUT2D eigenvalue weighted by Crippen LogP contribution is -2.37. The Morgan fingerprint density at radius 1 is 1.43 bits per heavy atom. The summed E-state index contributed by atoms with van der Waals surface area (Å²) in [6.07, 6.45) is 5.90. The van der Waals surface area contributed by atoms with E-state index in [4.69, 9.17) is 11.6 Å². The number of nitrogens with zero attached hydrogens (tertiary/aromatic N) is 3. The van der Waals surface area contributed by atoms with Crippen LogP contribution in [0.5, 0.6) is 0 Å². The van der Waals surface area contributed by atoms with Crippen molar-refractivity contribution >= 4 is 40.1 Å². The highest BCUT2D eigenvalue weighted by Gasteiger charge is 2.19. The van der Waals surface area contributed by atoms with Crippen molar-refractivity contribution in [1.29, 1.82) is 0 Å². The summed E-state index contributed by atoms with van der Waals surface area (Å²) < 4.78 is 1.06. The van der Waals surface area contributed by atoms with Gasteiger partial charge >= 0.3 is 0 Å². The van der Waals surface area contributed by atoms with Gasteiger partial charge in [-0.05, 0) is 35.4 Å². The molecule has 1 saturated heterocycles. The number of anilines is 1. The highest BCUT2D eigenvalue weighted by atomic mass is 127. The molecule has 76 valence electrons. The molecule has 0 radical (unpaired) electrons. The monoisotopic (exact) mass is 323 g/mol. The maximum atomic E-state index is 6.09. The molecule has 0 saturated carbocycles. The molecule has 1 aliphatic heterocycles. The van der Waals surface area contributed by atoms with E-state index in [1.54, 1.807) is 0 Å². The first-order valence-corrected chi connectivity index (χ1v) is 6.14. The van der Waals surface area contributed by atoms with E-state index in [1.807, 2.05) is 12.4 Å². The average Bonchev–Trinajstić information content (AvgIpc) is 2.19. The van der Waals surface area contributed by atoms with Crippen LogP contribution in [0.25, 0.3) is 0 Å². The molecule has 2 rings (SSSR count). The van der Waals surface area contributed by atoms with Gasteiger partial charge < -0.3 is 4.90 Å². The van der Waals surface area contributed by atoms with Crippen molar-refractivity contribution in [3.8, 4) is 0 Å². The van der Waals surface area contributed by atoms with Crippen LogP contribution in [0.2, 0.25) is 0 Å². The van der Waals surface area contributed by atoms with Crippen LogP contribution in [0.4, 0.5) is 5.95 Å². The fraction of sp³-hybridized carbons (Fsp3) is 0.556. The lowest BCUT2D eigenvalue weighted by Gasteiger charge is -2.29. The van der Waals surface area contributed by atoms with Gasteiger partial charge in [0.15, 0.2) is 0 Å². The van der Waals surface area contributed by atoms with Crippen molar-refractivity contribution in [1.82, 2.24) is 9.97 Å². The quantitative estimate of drug-likeness (QED) is 0.586. The summed E-state index contributed by atoms with van der Waals surface area (Å²) in [4.78, 5) is 10.7. The minimum absolute atomic E-state index is 0.242. The Labute approximate surface area is 102 Å². The third-order valence-electron chi connectivity index (χ3n) is 2.25. The number of rotatable bonds is 1. The first-order valence-electron chi connectivity index (χ1n) is 4.62. The Morgan fingerprint density at radius 3 is 2.79 bits per heavy atom. The van der Waals surface area contributed by atoms with Crippen LogP contribution < -0.4 is 4.90 Å². The van der Waals surface area contributed by atoms with Crippen LogP contribution in [-0.2, 0) is 0 Å². The van der Waals surface area contributed by atoms with E-state index < -0.39 is 0 Å². The van der Waals surface area contributed by atoms with Crippen molar-refractivity contribution in [2.45, 2.75) is 18.2 Å². The maximum Gasteiger partial charge on any atom is 0.225 e. The van der Waals surface area contributed by atoms with Crippen molar-refractivity contribution < 1.29 is 0 Å². The highest BCUT2D eigenvalue weighted by Crippen LogP contribution is 2.19. The Morgan fingerprint density at radius 2 is 2.14 bits per heavy atom. The first kappa shape index (κ1) is 10.4. The zero-order valence-corrected chi connectivity index (χ0v) is 10.6. The van der Waals surface area contributed by atoms with Gasteiger partial charge in [-0.2, -0.15) is 0 Å². The molecular formula is C9H11ClIN3. The van der Waals surface area contributed by atoms with Gasteiger partial charge in [0.05, 0.1) is 5.38 Å². The molecule has 1 aromatic rings. The van der Waals surface area contributed by atoms with Crippen LogP contribution in [-0.4, -0.2) is 28.4 Å². The fourth-order valence-electron chi connectivity index (χ4n) is 1.58. The lowest BCUT2D eigenvalue weighted by atomic mass is 10.1. The molecule has 2 heterocycles. The zero-order chi connectivity index (χ0) is 9.97. The van der Waals surface area contributed by atoms with E-state index >= 15 is 0 Å². The fourth-order valence-corrected chi connectivity index (χ4v) is 2.18. The van der Waals surface area contributed by atoms with E-state index in [9.17, 15) is 0 Å². The van der Waals surface area contributed by atoms with Crippen molar-refractivity contribution in [3.05, 3.63) is 16.0 Å². The first-order chi connectivity index (χ1) is 6.75. The molecule has 3 nitrogen and oxygen atoms in total. The summed E-state index contributed by atoms with van der Waals surface area (Å²) in [6.45, 7) is 1.88. The number of hydrogen-bond donors (Lipinski definition) is 0. The molecular weight excluding hydrogens is 312 g/mol. The number of hydrogen-bond acceptors (Lipinski definition) is 3. The smallest absolute Gasteiger partial charge is 0.225 e. The molecule has 14 heavy (non-hydrogen) atoms. The van der Waals surface area contributed by atoms with Crippen molar-refractivity contribution in [2.24, 2.45) is 0 Å². The summed E-state index contributed by atoms with van der Waals surface area (Å²) in [5, 5.41) is 0.242. The standard InChI is InChI=1S/C9H11ClIN3/c10-7-2-1-3-14(6-7)9-12-4-8(11)5-13-9/h4-5,7H,1-3,6H2. The van der Waals surface area contributed by atoms with Gasteiger partial charge in [-0.3, -0.25) is 0 Å². The van der Waals surface area contributed by atoms with E-state index in [1.165, 1.54) is 0 Å². The van der Waals surface area contributed by atoms with Crippen LogP contribution in [0.3, 0.4) is 0 Å². The molecule has 0 bridgehead atoms. The second-order valence-corrected chi connectivity index (χ2v) is 5.25. The molecule has 0 N–H and O–H groups in total. The predicted molar refractivity (Wildman–Crippen MR) is 65.8 cm³/mol. The second-order valence-electron chi connectivity index (χ2n) is 3.39. The minimum Gasteiger partial charge on any atom is -0.339 e. The lowest BCUT2D eigenvalue weighted by molar-refractivity contribution is 0.574. The van der Waals surface area contributed by atoms with Gasteiger partial charge in [0.2, 0.25) is 5.95 Å². The zero-order valence-electron chi connectivity index (χ0n) is 7.66. The van der Waals surface area contributed by atoms with Crippen LogP contribution >= 0.6 is 34.2 Å². The number of halogens is 2. The number of alkyl halides is 1. The molecule has 1 aliphatic rings. The van der Waals surface area contributed by atoms with E-state index in [2.05, 4.69) is 37.5 Å². The third-order valence-corrected chi connectivity index (χ3v) is 3.17. The summed E-state index contributed by atoms with van der Waals surface area (Å²) in [6, 6.07) is 0. The maximum absolute atomic E-state index is 6.09. The summed E-state index contributed by atoms with van der Waals surface area (Å²) in [5.41, 5.74) is 0. The molecule has 1 fully saturated rings. The predicted octanol–water partition coefficient (Wildman–Crippen LogP) is 2.29. The number of aromatic nitrogens is 2. The summed E-state index contributed by atoms with van der Waals surface area (Å²) >= 11 is 8.30. The molecule has 1 unspecified atom stereocenters. The van der Waals surface area contributed by atoms with Gasteiger partial charge in [0, 0.05) is 29.1 Å². The van der Waals surface area contributed by atoms with Gasteiger partial charge in [-0.15, -0.1) is 11.6 Å². The Kier molecular flexibility index (Phi) is 3.43. The largest absolute Gasteiger partial charge is 0.339 e. The molecule has 0 amide bonds. The summed E-state index contributed by atoms with van der Waals surface area (Å²) in [5.74, 6) is 0.802. The number of piperidine rings is 1. The van der Waals surface area contributed by atoms with E-state index in [0.717, 1.165) is 35.4 Å². The van der Waals surface area contributed by atoms with Gasteiger partial charge in [0.25, 0.3) is 0 Å². The van der Waals surface area contributed by atoms with Gasteiger partial charge in [0.1, 0.15) is 0 Å².